The summed E-state index contributed by atoms with van der Waals surface area (Å²) >= 11 is 5.60. The first-order chi connectivity index (χ1) is 8.99. The Morgan fingerprint density at radius 1 is 1.37 bits per heavy atom. The van der Waals surface area contributed by atoms with Crippen molar-refractivity contribution in [1.82, 2.24) is 20.0 Å². The SMILES string of the molecule is NC(=O)C(O)C(O)c1cnn(-c2ccc(Cl)nn2)c1. The number of hydrogen-bond donors (Lipinski definition) is 3. The third-order valence-corrected chi connectivity index (χ3v) is 2.59. The van der Waals surface area contributed by atoms with Gasteiger partial charge >= 0.3 is 0 Å². The summed E-state index contributed by atoms with van der Waals surface area (Å²) < 4.78 is 1.32. The molecule has 0 fully saturated rings. The van der Waals surface area contributed by atoms with Gasteiger partial charge in [-0.05, 0) is 12.1 Å². The van der Waals surface area contributed by atoms with E-state index in [0.717, 1.165) is 0 Å². The van der Waals surface area contributed by atoms with Crippen LogP contribution in [-0.4, -0.2) is 42.2 Å². The molecule has 0 aliphatic rings. The number of aliphatic hydroxyl groups excluding tert-OH is 2. The van der Waals surface area contributed by atoms with Crippen molar-refractivity contribution >= 4 is 17.5 Å². The Morgan fingerprint density at radius 2 is 2.11 bits per heavy atom. The topological polar surface area (TPSA) is 127 Å². The van der Waals surface area contributed by atoms with E-state index in [2.05, 4.69) is 15.3 Å². The summed E-state index contributed by atoms with van der Waals surface area (Å²) in [5.41, 5.74) is 5.12. The maximum absolute atomic E-state index is 10.8. The normalized spacial score (nSPS) is 14.1. The number of nitrogens with two attached hydrogens (primary N) is 1. The number of amides is 1. The minimum atomic E-state index is -1.70. The molecule has 0 spiro atoms. The van der Waals surface area contributed by atoms with Crippen LogP contribution < -0.4 is 5.73 Å². The molecule has 0 radical (unpaired) electrons. The van der Waals surface area contributed by atoms with Crippen molar-refractivity contribution < 1.29 is 15.0 Å². The van der Waals surface area contributed by atoms with Crippen LogP contribution in [0.2, 0.25) is 5.15 Å². The summed E-state index contributed by atoms with van der Waals surface area (Å²) in [5, 5.41) is 30.6. The number of carbonyl (C=O) groups excluding carboxylic acids is 1. The lowest BCUT2D eigenvalue weighted by Crippen LogP contribution is -2.33. The van der Waals surface area contributed by atoms with Gasteiger partial charge in [0.1, 0.15) is 6.10 Å². The summed E-state index contributed by atoms with van der Waals surface area (Å²) in [6.07, 6.45) is -0.470. The van der Waals surface area contributed by atoms with Crippen LogP contribution in [0.1, 0.15) is 11.7 Å². The van der Waals surface area contributed by atoms with E-state index in [0.29, 0.717) is 5.82 Å². The van der Waals surface area contributed by atoms with Gasteiger partial charge in [-0.2, -0.15) is 5.10 Å². The first-order valence-electron chi connectivity index (χ1n) is 5.18. The van der Waals surface area contributed by atoms with Crippen molar-refractivity contribution in [2.75, 3.05) is 0 Å². The van der Waals surface area contributed by atoms with E-state index >= 15 is 0 Å². The van der Waals surface area contributed by atoms with Gasteiger partial charge in [0.25, 0.3) is 0 Å². The van der Waals surface area contributed by atoms with E-state index in [1.165, 1.54) is 23.1 Å². The number of rotatable bonds is 4. The Labute approximate surface area is 112 Å². The zero-order valence-electron chi connectivity index (χ0n) is 9.51. The van der Waals surface area contributed by atoms with E-state index in [1.54, 1.807) is 6.07 Å². The molecule has 0 aliphatic heterocycles. The van der Waals surface area contributed by atoms with Gasteiger partial charge in [0.05, 0.1) is 6.20 Å². The largest absolute Gasteiger partial charge is 0.385 e. The van der Waals surface area contributed by atoms with Crippen LogP contribution in [0.3, 0.4) is 0 Å². The maximum atomic E-state index is 10.8. The highest BCUT2D eigenvalue weighted by atomic mass is 35.5. The molecule has 8 nitrogen and oxygen atoms in total. The molecule has 4 N–H and O–H groups in total. The second-order valence-electron chi connectivity index (χ2n) is 3.72. The van der Waals surface area contributed by atoms with Crippen molar-refractivity contribution in [2.24, 2.45) is 5.73 Å². The van der Waals surface area contributed by atoms with Crippen molar-refractivity contribution in [1.29, 1.82) is 0 Å². The summed E-state index contributed by atoms with van der Waals surface area (Å²) in [6.45, 7) is 0. The van der Waals surface area contributed by atoms with Crippen molar-refractivity contribution in [3.05, 3.63) is 35.2 Å². The van der Waals surface area contributed by atoms with Gasteiger partial charge in [0.2, 0.25) is 5.91 Å². The van der Waals surface area contributed by atoms with E-state index in [9.17, 15) is 15.0 Å². The third-order valence-electron chi connectivity index (χ3n) is 2.39. The molecule has 0 bridgehead atoms. The maximum Gasteiger partial charge on any atom is 0.249 e. The Kier molecular flexibility index (Phi) is 3.74. The molecule has 2 atom stereocenters. The van der Waals surface area contributed by atoms with Gasteiger partial charge in [-0.25, -0.2) is 4.68 Å². The average molecular weight is 284 g/mol. The van der Waals surface area contributed by atoms with Crippen LogP contribution in [0.25, 0.3) is 5.82 Å². The lowest BCUT2D eigenvalue weighted by Gasteiger charge is -2.12. The second-order valence-corrected chi connectivity index (χ2v) is 4.11. The molecule has 2 heterocycles. The number of nitrogens with zero attached hydrogens (tertiary/aromatic N) is 4. The molecule has 0 saturated heterocycles. The van der Waals surface area contributed by atoms with Gasteiger partial charge < -0.3 is 15.9 Å². The van der Waals surface area contributed by atoms with Crippen molar-refractivity contribution in [3.63, 3.8) is 0 Å². The Balaban J connectivity index is 2.24. The van der Waals surface area contributed by atoms with Crippen LogP contribution in [0.5, 0.6) is 0 Å². The zero-order chi connectivity index (χ0) is 14.0. The minimum Gasteiger partial charge on any atom is -0.385 e. The van der Waals surface area contributed by atoms with E-state index in [-0.39, 0.29) is 10.7 Å². The Bertz CT molecular complexity index is 585. The van der Waals surface area contributed by atoms with Gasteiger partial charge in [-0.1, -0.05) is 11.6 Å². The predicted octanol–water partition coefficient (Wildman–Crippen LogP) is -0.805. The summed E-state index contributed by atoms with van der Waals surface area (Å²) in [6, 6.07) is 3.10. The molecule has 19 heavy (non-hydrogen) atoms. The monoisotopic (exact) mass is 283 g/mol. The average Bonchev–Trinajstić information content (AvgIpc) is 2.87. The molecular formula is C10H10ClN5O3. The Hall–Kier alpha value is -2.03. The molecule has 0 saturated carbocycles. The fraction of sp³-hybridized carbons (Fsp3) is 0.200. The van der Waals surface area contributed by atoms with Crippen molar-refractivity contribution in [2.45, 2.75) is 12.2 Å². The molecule has 2 rings (SSSR count). The van der Waals surface area contributed by atoms with Crippen LogP contribution >= 0.6 is 11.6 Å². The fourth-order valence-corrected chi connectivity index (χ4v) is 1.48. The number of halogens is 1. The van der Waals surface area contributed by atoms with E-state index in [4.69, 9.17) is 17.3 Å². The molecule has 100 valence electrons. The highest BCUT2D eigenvalue weighted by Crippen LogP contribution is 2.17. The number of aliphatic hydroxyl groups is 2. The smallest absolute Gasteiger partial charge is 0.249 e. The highest BCUT2D eigenvalue weighted by molar-refractivity contribution is 6.29. The molecule has 2 unspecified atom stereocenters. The summed E-state index contributed by atoms with van der Waals surface area (Å²) in [5.74, 6) is -0.650. The van der Waals surface area contributed by atoms with Gasteiger partial charge in [-0.3, -0.25) is 4.79 Å². The standard InChI is InChI=1S/C10H10ClN5O3/c11-6-1-2-7(15-14-6)16-4-5(3-13-16)8(17)9(18)10(12)19/h1-4,8-9,17-18H,(H2,12,19). The number of hydrogen-bond acceptors (Lipinski definition) is 6. The molecular weight excluding hydrogens is 274 g/mol. The number of carbonyl (C=O) groups is 1. The quantitative estimate of drug-likeness (QED) is 0.674. The van der Waals surface area contributed by atoms with Crippen LogP contribution in [-0.2, 0) is 4.79 Å². The molecule has 0 aromatic carbocycles. The predicted molar refractivity (Wildman–Crippen MR) is 64.3 cm³/mol. The first kappa shape index (κ1) is 13.4. The minimum absolute atomic E-state index is 0.225. The number of aromatic nitrogens is 4. The van der Waals surface area contributed by atoms with Gasteiger partial charge in [0.15, 0.2) is 17.1 Å². The Morgan fingerprint density at radius 3 is 2.68 bits per heavy atom. The summed E-state index contributed by atoms with van der Waals surface area (Å²) in [4.78, 5) is 10.8. The second kappa shape index (κ2) is 5.31. The number of primary amides is 1. The first-order valence-corrected chi connectivity index (χ1v) is 5.56. The summed E-state index contributed by atoms with van der Waals surface area (Å²) in [7, 11) is 0. The van der Waals surface area contributed by atoms with E-state index in [1.807, 2.05) is 0 Å². The van der Waals surface area contributed by atoms with Crippen molar-refractivity contribution in [3.8, 4) is 5.82 Å². The third kappa shape index (κ3) is 2.87. The fourth-order valence-electron chi connectivity index (χ4n) is 1.38. The highest BCUT2D eigenvalue weighted by Gasteiger charge is 2.24. The van der Waals surface area contributed by atoms with E-state index < -0.39 is 18.1 Å². The molecule has 9 heteroatoms. The van der Waals surface area contributed by atoms with Crippen LogP contribution in [0.15, 0.2) is 24.5 Å². The molecule has 1 amide bonds. The molecule has 2 aromatic rings. The zero-order valence-corrected chi connectivity index (χ0v) is 10.3. The van der Waals surface area contributed by atoms with Crippen LogP contribution in [0.4, 0.5) is 0 Å². The lowest BCUT2D eigenvalue weighted by molar-refractivity contribution is -0.131. The molecule has 2 aromatic heterocycles. The molecule has 0 aliphatic carbocycles. The van der Waals surface area contributed by atoms with Crippen LogP contribution in [0, 0.1) is 0 Å². The van der Waals surface area contributed by atoms with Gasteiger partial charge in [0, 0.05) is 11.8 Å². The van der Waals surface area contributed by atoms with Gasteiger partial charge in [-0.15, -0.1) is 10.2 Å². The lowest BCUT2D eigenvalue weighted by atomic mass is 10.1.